The largest absolute Gasteiger partial charge is 0.515 e. The van der Waals surface area contributed by atoms with Gasteiger partial charge in [-0.15, -0.1) is 0 Å². The summed E-state index contributed by atoms with van der Waals surface area (Å²) in [6, 6.07) is 6.06. The SMILES string of the molecule is CC(C)[Si](OC(=O)C=Cc1ccc([N+](=O)[O-])cc1)(C(C)C)C(C)C. The fourth-order valence-electron chi connectivity index (χ4n) is 3.43. The molecule has 0 saturated heterocycles. The molecular weight excluding hydrogens is 322 g/mol. The first-order chi connectivity index (χ1) is 11.1. The van der Waals surface area contributed by atoms with Gasteiger partial charge in [0.2, 0.25) is 0 Å². The number of non-ortho nitro benzene ring substituents is 1. The Kier molecular flexibility index (Phi) is 6.89. The molecule has 0 spiro atoms. The molecule has 0 bridgehead atoms. The van der Waals surface area contributed by atoms with Crippen LogP contribution in [0.2, 0.25) is 16.6 Å². The summed E-state index contributed by atoms with van der Waals surface area (Å²) in [6.45, 7) is 12.7. The maximum Gasteiger partial charge on any atom is 0.317 e. The van der Waals surface area contributed by atoms with E-state index >= 15 is 0 Å². The van der Waals surface area contributed by atoms with E-state index in [0.717, 1.165) is 5.56 Å². The van der Waals surface area contributed by atoms with Crippen LogP contribution in [-0.4, -0.2) is 19.2 Å². The lowest BCUT2D eigenvalue weighted by atomic mass is 10.2. The lowest BCUT2D eigenvalue weighted by Crippen LogP contribution is -2.49. The Labute approximate surface area is 145 Å². The van der Waals surface area contributed by atoms with Gasteiger partial charge in [0.15, 0.2) is 0 Å². The number of nitro benzene ring substituents is 1. The Bertz CT molecular complexity index is 584. The summed E-state index contributed by atoms with van der Waals surface area (Å²) in [7, 11) is -2.24. The Morgan fingerprint density at radius 3 is 1.88 bits per heavy atom. The summed E-state index contributed by atoms with van der Waals surface area (Å²) in [5.74, 6) is -0.337. The van der Waals surface area contributed by atoms with E-state index in [0.29, 0.717) is 16.6 Å². The third kappa shape index (κ3) is 4.53. The van der Waals surface area contributed by atoms with Crippen LogP contribution in [0.3, 0.4) is 0 Å². The maximum atomic E-state index is 12.3. The van der Waals surface area contributed by atoms with Gasteiger partial charge in [-0.1, -0.05) is 41.5 Å². The van der Waals surface area contributed by atoms with Gasteiger partial charge in [0.1, 0.15) is 0 Å². The molecule has 0 radical (unpaired) electrons. The Balaban J connectivity index is 2.91. The predicted molar refractivity (Wildman–Crippen MR) is 99.3 cm³/mol. The van der Waals surface area contributed by atoms with E-state index in [1.807, 2.05) is 0 Å². The van der Waals surface area contributed by atoms with Crippen molar-refractivity contribution in [2.45, 2.75) is 58.2 Å². The molecule has 0 aliphatic rings. The molecule has 1 aromatic rings. The highest BCUT2D eigenvalue weighted by molar-refractivity contribution is 6.79. The second-order valence-corrected chi connectivity index (χ2v) is 12.3. The van der Waals surface area contributed by atoms with Gasteiger partial charge in [-0.3, -0.25) is 10.1 Å². The van der Waals surface area contributed by atoms with Crippen LogP contribution in [0.25, 0.3) is 6.08 Å². The number of benzene rings is 1. The molecule has 0 unspecified atom stereocenters. The van der Waals surface area contributed by atoms with Crippen LogP contribution < -0.4 is 0 Å². The van der Waals surface area contributed by atoms with Gasteiger partial charge >= 0.3 is 5.97 Å². The average molecular weight is 350 g/mol. The summed E-state index contributed by atoms with van der Waals surface area (Å²) in [5, 5.41) is 10.6. The molecule has 0 aliphatic carbocycles. The first-order valence-electron chi connectivity index (χ1n) is 8.26. The van der Waals surface area contributed by atoms with Crippen molar-refractivity contribution in [2.75, 3.05) is 0 Å². The van der Waals surface area contributed by atoms with Crippen molar-refractivity contribution >= 4 is 26.1 Å². The van der Waals surface area contributed by atoms with Crippen LogP contribution in [0.5, 0.6) is 0 Å². The molecule has 1 aromatic carbocycles. The summed E-state index contributed by atoms with van der Waals surface area (Å²) < 4.78 is 6.01. The zero-order chi connectivity index (χ0) is 18.5. The molecule has 0 fully saturated rings. The molecule has 6 heteroatoms. The lowest BCUT2D eigenvalue weighted by Gasteiger charge is -2.40. The van der Waals surface area contributed by atoms with E-state index in [1.54, 1.807) is 18.2 Å². The van der Waals surface area contributed by atoms with E-state index in [-0.39, 0.29) is 11.7 Å². The van der Waals surface area contributed by atoms with Crippen LogP contribution in [0.4, 0.5) is 5.69 Å². The van der Waals surface area contributed by atoms with Crippen molar-refractivity contribution in [1.82, 2.24) is 0 Å². The number of carbonyl (C=O) groups is 1. The van der Waals surface area contributed by atoms with Gasteiger partial charge in [0, 0.05) is 18.2 Å². The average Bonchev–Trinajstić information content (AvgIpc) is 2.49. The molecule has 0 heterocycles. The molecule has 0 N–H and O–H groups in total. The van der Waals surface area contributed by atoms with Crippen molar-refractivity contribution in [3.05, 3.63) is 46.0 Å². The number of nitrogens with zero attached hydrogens (tertiary/aromatic N) is 1. The molecule has 0 atom stereocenters. The van der Waals surface area contributed by atoms with Crippen molar-refractivity contribution in [3.63, 3.8) is 0 Å². The zero-order valence-electron chi connectivity index (χ0n) is 15.3. The van der Waals surface area contributed by atoms with Crippen LogP contribution in [0.15, 0.2) is 30.3 Å². The first kappa shape index (κ1) is 20.1. The highest BCUT2D eigenvalue weighted by Gasteiger charge is 2.47. The highest BCUT2D eigenvalue weighted by atomic mass is 28.4. The minimum absolute atomic E-state index is 0.0283. The quantitative estimate of drug-likeness (QED) is 0.289. The normalized spacial score (nSPS) is 12.4. The Morgan fingerprint density at radius 2 is 1.50 bits per heavy atom. The highest BCUT2D eigenvalue weighted by Crippen LogP contribution is 2.42. The van der Waals surface area contributed by atoms with Crippen molar-refractivity contribution in [2.24, 2.45) is 0 Å². The second-order valence-electron chi connectivity index (χ2n) is 6.92. The number of rotatable bonds is 7. The molecule has 5 nitrogen and oxygen atoms in total. The molecule has 24 heavy (non-hydrogen) atoms. The molecule has 0 amide bonds. The van der Waals surface area contributed by atoms with Crippen LogP contribution in [0.1, 0.15) is 47.1 Å². The van der Waals surface area contributed by atoms with E-state index < -0.39 is 13.2 Å². The smallest absolute Gasteiger partial charge is 0.317 e. The summed E-state index contributed by atoms with van der Waals surface area (Å²) in [6.07, 6.45) is 3.04. The Hall–Kier alpha value is -1.95. The van der Waals surface area contributed by atoms with Gasteiger partial charge in [0.25, 0.3) is 14.0 Å². The van der Waals surface area contributed by atoms with Crippen LogP contribution in [-0.2, 0) is 9.22 Å². The van der Waals surface area contributed by atoms with Gasteiger partial charge < -0.3 is 4.43 Å². The molecule has 132 valence electrons. The van der Waals surface area contributed by atoms with E-state index in [2.05, 4.69) is 41.5 Å². The van der Waals surface area contributed by atoms with E-state index in [9.17, 15) is 14.9 Å². The second kappa shape index (κ2) is 8.24. The van der Waals surface area contributed by atoms with Gasteiger partial charge in [0.05, 0.1) is 4.92 Å². The third-order valence-electron chi connectivity index (χ3n) is 4.50. The van der Waals surface area contributed by atoms with E-state index in [4.69, 9.17) is 4.43 Å². The zero-order valence-corrected chi connectivity index (χ0v) is 16.3. The minimum atomic E-state index is -2.24. The maximum absolute atomic E-state index is 12.3. The first-order valence-corrected chi connectivity index (χ1v) is 10.4. The van der Waals surface area contributed by atoms with Crippen molar-refractivity contribution in [1.29, 1.82) is 0 Å². The molecular formula is C18H27NO4Si. The predicted octanol–water partition coefficient (Wildman–Crippen LogP) is 5.33. The number of nitro groups is 1. The fourth-order valence-corrected chi connectivity index (χ4v) is 8.56. The monoisotopic (exact) mass is 349 g/mol. The summed E-state index contributed by atoms with van der Waals surface area (Å²) in [5.41, 5.74) is 1.74. The van der Waals surface area contributed by atoms with E-state index in [1.165, 1.54) is 18.2 Å². The molecule has 1 rings (SSSR count). The molecule has 0 saturated carbocycles. The van der Waals surface area contributed by atoms with Gasteiger partial charge in [-0.2, -0.15) is 0 Å². The summed E-state index contributed by atoms with van der Waals surface area (Å²) >= 11 is 0. The van der Waals surface area contributed by atoms with Crippen LogP contribution >= 0.6 is 0 Å². The number of hydrogen-bond donors (Lipinski definition) is 0. The van der Waals surface area contributed by atoms with Crippen molar-refractivity contribution < 1.29 is 14.1 Å². The lowest BCUT2D eigenvalue weighted by molar-refractivity contribution is -0.384. The fraction of sp³-hybridized carbons (Fsp3) is 0.500. The van der Waals surface area contributed by atoms with Gasteiger partial charge in [-0.05, 0) is 40.4 Å². The molecule has 0 aliphatic heterocycles. The third-order valence-corrected chi connectivity index (χ3v) is 10.5. The minimum Gasteiger partial charge on any atom is -0.515 e. The Morgan fingerprint density at radius 1 is 1.04 bits per heavy atom. The summed E-state index contributed by atoms with van der Waals surface area (Å²) in [4.78, 5) is 22.5. The van der Waals surface area contributed by atoms with Gasteiger partial charge in [-0.25, -0.2) is 4.79 Å². The molecule has 0 aromatic heterocycles. The van der Waals surface area contributed by atoms with Crippen molar-refractivity contribution in [3.8, 4) is 0 Å². The number of hydrogen-bond acceptors (Lipinski definition) is 4. The van der Waals surface area contributed by atoms with Crippen LogP contribution in [0, 0.1) is 10.1 Å². The number of carbonyl (C=O) groups excluding carboxylic acids is 1. The topological polar surface area (TPSA) is 69.4 Å². The standard InChI is InChI=1S/C18H27NO4Si/c1-13(2)24(14(3)4,15(5)6)23-18(20)12-9-16-7-10-17(11-8-16)19(21)22/h7-15H,1-6H3.